The molecule has 0 heterocycles. The molecule has 0 bridgehead atoms. The number of alkyl halides is 6. The third-order valence-electron chi connectivity index (χ3n) is 11.1. The van der Waals surface area contributed by atoms with Crippen LogP contribution in [0, 0.1) is 11.6 Å². The summed E-state index contributed by atoms with van der Waals surface area (Å²) in [4.78, 5) is 0. The lowest BCUT2D eigenvalue weighted by atomic mass is 9.96. The molecule has 0 saturated carbocycles. The highest BCUT2D eigenvalue weighted by Crippen LogP contribution is 2.34. The Hall–Kier alpha value is -6.68. The van der Waals surface area contributed by atoms with Crippen molar-refractivity contribution in [2.24, 2.45) is 0 Å². The van der Waals surface area contributed by atoms with E-state index in [-0.39, 0.29) is 11.5 Å². The van der Waals surface area contributed by atoms with E-state index in [4.69, 9.17) is 0 Å². The van der Waals surface area contributed by atoms with Crippen molar-refractivity contribution in [3.8, 4) is 56.0 Å². The molecule has 10 heteroatoms. The predicted octanol–water partition coefficient (Wildman–Crippen LogP) is 17.5. The first-order valence-electron chi connectivity index (χ1n) is 21.5. The Kier molecular flexibility index (Phi) is 14.6. The average Bonchev–Trinajstić information content (AvgIpc) is 3.28. The molecule has 0 spiro atoms. The molecular formula is C55H46F8O2. The fourth-order valence-electron chi connectivity index (χ4n) is 7.75. The molecule has 0 radical (unpaired) electrons. The summed E-state index contributed by atoms with van der Waals surface area (Å²) in [5.41, 5.74) is 7.49. The number of unbranched alkanes of at least 4 members (excludes halogenated alkanes) is 3. The first-order valence-corrected chi connectivity index (χ1v) is 21.5. The van der Waals surface area contributed by atoms with Crippen molar-refractivity contribution in [3.63, 3.8) is 0 Å². The summed E-state index contributed by atoms with van der Waals surface area (Å²) < 4.78 is 111. The minimum Gasteiger partial charge on any atom is -0.406 e. The van der Waals surface area contributed by atoms with Gasteiger partial charge in [0.1, 0.15) is 23.1 Å². The molecule has 334 valence electrons. The Morgan fingerprint density at radius 1 is 0.354 bits per heavy atom. The fourth-order valence-corrected chi connectivity index (χ4v) is 7.75. The Bertz CT molecular complexity index is 2860. The van der Waals surface area contributed by atoms with Gasteiger partial charge in [0.2, 0.25) is 0 Å². The lowest BCUT2D eigenvalue weighted by Gasteiger charge is -2.11. The summed E-state index contributed by atoms with van der Waals surface area (Å²) >= 11 is 0. The van der Waals surface area contributed by atoms with Crippen molar-refractivity contribution >= 4 is 21.5 Å². The van der Waals surface area contributed by atoms with E-state index in [1.807, 2.05) is 42.5 Å². The van der Waals surface area contributed by atoms with Crippen molar-refractivity contribution in [2.45, 2.75) is 71.5 Å². The molecule has 8 aromatic rings. The fraction of sp³-hybridized carbons (Fsp3) is 0.200. The molecule has 0 aromatic heterocycles. The second kappa shape index (κ2) is 20.4. The van der Waals surface area contributed by atoms with Crippen LogP contribution in [0.4, 0.5) is 35.1 Å². The number of ether oxygens (including phenoxy) is 2. The zero-order valence-corrected chi connectivity index (χ0v) is 35.8. The van der Waals surface area contributed by atoms with Crippen LogP contribution in [-0.4, -0.2) is 12.7 Å². The summed E-state index contributed by atoms with van der Waals surface area (Å²) in [6.07, 6.45) is -1.46. The lowest BCUT2D eigenvalue weighted by Crippen LogP contribution is -2.16. The van der Waals surface area contributed by atoms with Gasteiger partial charge in [0.05, 0.1) is 0 Å². The lowest BCUT2D eigenvalue weighted by molar-refractivity contribution is -0.275. The van der Waals surface area contributed by atoms with Crippen LogP contribution in [0.5, 0.6) is 11.5 Å². The van der Waals surface area contributed by atoms with Gasteiger partial charge >= 0.3 is 12.7 Å². The molecule has 8 aromatic carbocycles. The molecule has 65 heavy (non-hydrogen) atoms. The van der Waals surface area contributed by atoms with E-state index in [1.165, 1.54) is 91.1 Å². The van der Waals surface area contributed by atoms with Gasteiger partial charge in [-0.25, -0.2) is 8.78 Å². The topological polar surface area (TPSA) is 18.5 Å². The molecule has 0 fully saturated rings. The van der Waals surface area contributed by atoms with E-state index in [1.54, 1.807) is 12.1 Å². The number of hydrogen-bond acceptors (Lipinski definition) is 2. The van der Waals surface area contributed by atoms with Crippen LogP contribution in [0.1, 0.15) is 57.1 Å². The highest BCUT2D eigenvalue weighted by Gasteiger charge is 2.31. The van der Waals surface area contributed by atoms with E-state index in [2.05, 4.69) is 65.8 Å². The van der Waals surface area contributed by atoms with Crippen LogP contribution in [0.25, 0.3) is 66.1 Å². The van der Waals surface area contributed by atoms with Gasteiger partial charge in [-0.05, 0) is 140 Å². The Labute approximate surface area is 373 Å². The van der Waals surface area contributed by atoms with Crippen molar-refractivity contribution in [1.82, 2.24) is 0 Å². The monoisotopic (exact) mass is 890 g/mol. The third kappa shape index (κ3) is 12.5. The zero-order valence-electron chi connectivity index (χ0n) is 35.8. The van der Waals surface area contributed by atoms with Crippen LogP contribution in [0.15, 0.2) is 158 Å². The molecule has 0 aliphatic carbocycles. The molecule has 0 aliphatic heterocycles. The van der Waals surface area contributed by atoms with E-state index in [0.717, 1.165) is 69.5 Å². The molecule has 0 atom stereocenters. The van der Waals surface area contributed by atoms with Gasteiger partial charge in [0.15, 0.2) is 0 Å². The summed E-state index contributed by atoms with van der Waals surface area (Å²) in [7, 11) is 0. The molecule has 2 nitrogen and oxygen atoms in total. The molecule has 8 rings (SSSR count). The van der Waals surface area contributed by atoms with Crippen molar-refractivity contribution in [3.05, 3.63) is 180 Å². The summed E-state index contributed by atoms with van der Waals surface area (Å²) in [6.45, 7) is 4.37. The molecule has 0 aliphatic rings. The standard InChI is InChI=1S/C28H24F4O.C27H22F4O/c1-2-3-4-5-19-6-7-22-17-23(9-8-21(22)16-19)24-12-15-26(27(29)18-24)20-10-13-25(14-11-20)33-28(30,31)32;1-2-3-4-18-5-6-21-16-22(8-7-20(21)15-18)23-11-14-25(26(28)17-23)19-9-12-24(13-10-19)32-27(29,30)31/h6-18H,2-5H2,1H3;5-17H,2-4H2,1H3. The highest BCUT2D eigenvalue weighted by atomic mass is 19.4. The molecule has 0 N–H and O–H groups in total. The van der Waals surface area contributed by atoms with E-state index >= 15 is 0 Å². The smallest absolute Gasteiger partial charge is 0.406 e. The van der Waals surface area contributed by atoms with Gasteiger partial charge < -0.3 is 9.47 Å². The van der Waals surface area contributed by atoms with Crippen molar-refractivity contribution in [1.29, 1.82) is 0 Å². The number of hydrogen-bond donors (Lipinski definition) is 0. The van der Waals surface area contributed by atoms with Crippen LogP contribution in [0.2, 0.25) is 0 Å². The van der Waals surface area contributed by atoms with E-state index in [0.29, 0.717) is 22.3 Å². The zero-order chi connectivity index (χ0) is 46.1. The first-order chi connectivity index (χ1) is 31.1. The molecule has 0 amide bonds. The van der Waals surface area contributed by atoms with Gasteiger partial charge in [-0.3, -0.25) is 0 Å². The van der Waals surface area contributed by atoms with Crippen molar-refractivity contribution in [2.75, 3.05) is 0 Å². The first kappa shape index (κ1) is 46.3. The minimum atomic E-state index is -4.76. The molecule has 0 saturated heterocycles. The van der Waals surface area contributed by atoms with Gasteiger partial charge in [0, 0.05) is 11.1 Å². The number of halogens is 8. The van der Waals surface area contributed by atoms with Gasteiger partial charge in [-0.15, -0.1) is 26.3 Å². The molecular weight excluding hydrogens is 845 g/mol. The Morgan fingerprint density at radius 3 is 1.08 bits per heavy atom. The second-order valence-electron chi connectivity index (χ2n) is 15.9. The number of aryl methyl sites for hydroxylation is 2. The minimum absolute atomic E-state index is 0.314. The summed E-state index contributed by atoms with van der Waals surface area (Å²) in [5, 5.41) is 4.50. The maximum atomic E-state index is 14.9. The van der Waals surface area contributed by atoms with Crippen LogP contribution in [-0.2, 0) is 12.8 Å². The quantitative estimate of drug-likeness (QED) is 0.0848. The maximum absolute atomic E-state index is 14.9. The Balaban J connectivity index is 0.000000194. The predicted molar refractivity (Wildman–Crippen MR) is 245 cm³/mol. The third-order valence-corrected chi connectivity index (χ3v) is 11.1. The van der Waals surface area contributed by atoms with Gasteiger partial charge in [-0.1, -0.05) is 142 Å². The van der Waals surface area contributed by atoms with E-state index < -0.39 is 24.4 Å². The van der Waals surface area contributed by atoms with Crippen LogP contribution < -0.4 is 9.47 Å². The van der Waals surface area contributed by atoms with Crippen LogP contribution in [0.3, 0.4) is 0 Å². The second-order valence-corrected chi connectivity index (χ2v) is 15.9. The number of fused-ring (bicyclic) bond motifs is 2. The Morgan fingerprint density at radius 2 is 0.692 bits per heavy atom. The van der Waals surface area contributed by atoms with Crippen molar-refractivity contribution < 1.29 is 44.6 Å². The summed E-state index contributed by atoms with van der Waals surface area (Å²) in [5.74, 6) is -1.56. The largest absolute Gasteiger partial charge is 0.573 e. The average molecular weight is 891 g/mol. The van der Waals surface area contributed by atoms with Gasteiger partial charge in [-0.2, -0.15) is 0 Å². The summed E-state index contributed by atoms with van der Waals surface area (Å²) in [6, 6.07) is 45.2. The van der Waals surface area contributed by atoms with E-state index in [9.17, 15) is 35.1 Å². The number of rotatable bonds is 13. The van der Waals surface area contributed by atoms with Crippen LogP contribution >= 0.6 is 0 Å². The normalized spacial score (nSPS) is 11.7. The molecule has 0 unspecified atom stereocenters. The SMILES string of the molecule is CCCCCc1ccc2cc(-c3ccc(-c4ccc(OC(F)(F)F)cc4)c(F)c3)ccc2c1.CCCCc1ccc2cc(-c3ccc(-c4ccc(OC(F)(F)F)cc4)c(F)c3)ccc2c1. The number of benzene rings is 8. The highest BCUT2D eigenvalue weighted by molar-refractivity contribution is 5.89. The maximum Gasteiger partial charge on any atom is 0.573 e. The van der Waals surface area contributed by atoms with Gasteiger partial charge in [0.25, 0.3) is 0 Å².